The molecular weight excluding hydrogens is 276 g/mol. The van der Waals surface area contributed by atoms with E-state index in [2.05, 4.69) is 19.9 Å². The highest BCUT2D eigenvalue weighted by atomic mass is 16.6. The molecule has 0 N–H and O–H groups in total. The van der Waals surface area contributed by atoms with Gasteiger partial charge in [-0.25, -0.2) is 0 Å². The first-order valence-electron chi connectivity index (χ1n) is 8.87. The van der Waals surface area contributed by atoms with Gasteiger partial charge in [-0.3, -0.25) is 9.59 Å². The average Bonchev–Trinajstić information content (AvgIpc) is 3.17. The number of Topliss-reactive ketones (excluding diaryl/α,β-unsaturated/α-hetero) is 2. The highest BCUT2D eigenvalue weighted by Gasteiger charge is 2.75. The quantitative estimate of drug-likeness (QED) is 0.510. The Hall–Kier alpha value is -0.960. The van der Waals surface area contributed by atoms with Crippen LogP contribution in [-0.2, 0) is 14.3 Å². The Balaban J connectivity index is 1.59. The summed E-state index contributed by atoms with van der Waals surface area (Å²) in [5.41, 5.74) is 1.25. The highest BCUT2D eigenvalue weighted by molar-refractivity contribution is 5.90. The van der Waals surface area contributed by atoms with Gasteiger partial charge in [0.2, 0.25) is 0 Å². The standard InChI is InChI=1S/C19H24O3/c1-17-8-6-13-11(12(17)3-4-15(17)21)5-10-19-16(22-19)14(20)7-9-18(13,19)2/h6,11-12,16H,3-5,7-10H2,1-2H3/t11-,12-,16+,17-,18+,19+/m0/s1. The van der Waals surface area contributed by atoms with E-state index < -0.39 is 0 Å². The van der Waals surface area contributed by atoms with Crippen molar-refractivity contribution in [3.8, 4) is 0 Å². The number of epoxide rings is 1. The van der Waals surface area contributed by atoms with E-state index in [-0.39, 0.29) is 22.5 Å². The molecule has 0 aromatic carbocycles. The van der Waals surface area contributed by atoms with Gasteiger partial charge in [-0.2, -0.15) is 0 Å². The van der Waals surface area contributed by atoms with Crippen molar-refractivity contribution < 1.29 is 14.3 Å². The molecule has 1 aliphatic heterocycles. The fraction of sp³-hybridized carbons (Fsp3) is 0.789. The van der Waals surface area contributed by atoms with Crippen LogP contribution < -0.4 is 0 Å². The number of ketones is 2. The Labute approximate surface area is 131 Å². The number of allylic oxidation sites excluding steroid dienone is 1. The van der Waals surface area contributed by atoms with Crippen molar-refractivity contribution in [3.05, 3.63) is 11.6 Å². The van der Waals surface area contributed by atoms with E-state index in [0.717, 1.165) is 38.5 Å². The van der Waals surface area contributed by atoms with Crippen molar-refractivity contribution in [3.63, 3.8) is 0 Å². The lowest BCUT2D eigenvalue weighted by molar-refractivity contribution is -0.127. The molecule has 0 unspecified atom stereocenters. The van der Waals surface area contributed by atoms with Crippen LogP contribution in [0.1, 0.15) is 58.8 Å². The van der Waals surface area contributed by atoms with Crippen LogP contribution in [0.2, 0.25) is 0 Å². The van der Waals surface area contributed by atoms with Gasteiger partial charge in [0.05, 0.1) is 0 Å². The predicted octanol–water partition coefficient (Wildman–Crippen LogP) is 3.22. The summed E-state index contributed by atoms with van der Waals surface area (Å²) in [6, 6.07) is 0. The molecule has 118 valence electrons. The third-order valence-corrected chi connectivity index (χ3v) is 8.03. The molecule has 1 heterocycles. The maximum atomic E-state index is 12.4. The molecule has 22 heavy (non-hydrogen) atoms. The third kappa shape index (κ3) is 1.26. The second-order valence-corrected chi connectivity index (χ2v) is 8.68. The third-order valence-electron chi connectivity index (χ3n) is 8.03. The van der Waals surface area contributed by atoms with E-state index in [1.165, 1.54) is 5.57 Å². The first-order valence-corrected chi connectivity index (χ1v) is 8.87. The number of carbonyl (C=O) groups is 2. The lowest BCUT2D eigenvalue weighted by atomic mass is 9.49. The molecule has 0 amide bonds. The number of fused-ring (bicyclic) bond motifs is 4. The van der Waals surface area contributed by atoms with Crippen LogP contribution in [0.4, 0.5) is 0 Å². The Morgan fingerprint density at radius 3 is 2.77 bits per heavy atom. The van der Waals surface area contributed by atoms with Gasteiger partial charge in [0, 0.05) is 23.7 Å². The molecule has 5 rings (SSSR count). The molecule has 0 radical (unpaired) electrons. The fourth-order valence-electron chi connectivity index (χ4n) is 6.55. The zero-order valence-electron chi connectivity index (χ0n) is 13.5. The number of hydrogen-bond acceptors (Lipinski definition) is 3. The highest BCUT2D eigenvalue weighted by Crippen LogP contribution is 2.70. The van der Waals surface area contributed by atoms with Crippen molar-refractivity contribution in [2.75, 3.05) is 0 Å². The van der Waals surface area contributed by atoms with Crippen molar-refractivity contribution in [2.24, 2.45) is 22.7 Å². The van der Waals surface area contributed by atoms with Gasteiger partial charge in [0.15, 0.2) is 5.78 Å². The molecule has 1 spiro atoms. The summed E-state index contributed by atoms with van der Waals surface area (Å²) in [4.78, 5) is 24.5. The second kappa shape index (κ2) is 3.75. The number of carbonyl (C=O) groups excluding carboxylic acids is 2. The van der Waals surface area contributed by atoms with Crippen LogP contribution in [0.5, 0.6) is 0 Å². The molecule has 1 saturated heterocycles. The lowest BCUT2D eigenvalue weighted by Gasteiger charge is -2.53. The molecule has 3 saturated carbocycles. The van der Waals surface area contributed by atoms with Gasteiger partial charge in [0.25, 0.3) is 0 Å². The fourth-order valence-corrected chi connectivity index (χ4v) is 6.55. The summed E-state index contributed by atoms with van der Waals surface area (Å²) < 4.78 is 6.03. The van der Waals surface area contributed by atoms with Crippen LogP contribution in [0.15, 0.2) is 11.6 Å². The summed E-state index contributed by atoms with van der Waals surface area (Å²) in [7, 11) is 0. The molecule has 5 aliphatic rings. The number of rotatable bonds is 0. The van der Waals surface area contributed by atoms with Gasteiger partial charge in [0.1, 0.15) is 17.5 Å². The molecule has 0 aromatic heterocycles. The largest absolute Gasteiger partial charge is 0.357 e. The number of hydrogen-bond donors (Lipinski definition) is 0. The maximum absolute atomic E-state index is 12.4. The topological polar surface area (TPSA) is 46.7 Å². The molecule has 6 atom stereocenters. The summed E-state index contributed by atoms with van der Waals surface area (Å²) in [6.07, 6.45) is 8.65. The number of ether oxygens (including phenoxy) is 1. The minimum Gasteiger partial charge on any atom is -0.357 e. The van der Waals surface area contributed by atoms with Crippen molar-refractivity contribution in [1.82, 2.24) is 0 Å². The van der Waals surface area contributed by atoms with E-state index in [1.807, 2.05) is 0 Å². The summed E-state index contributed by atoms with van der Waals surface area (Å²) in [5.74, 6) is 1.84. The monoisotopic (exact) mass is 300 g/mol. The van der Waals surface area contributed by atoms with Crippen LogP contribution in [0.3, 0.4) is 0 Å². The smallest absolute Gasteiger partial charge is 0.164 e. The van der Waals surface area contributed by atoms with Crippen LogP contribution >= 0.6 is 0 Å². The van der Waals surface area contributed by atoms with E-state index in [4.69, 9.17) is 4.74 Å². The summed E-state index contributed by atoms with van der Waals surface area (Å²) >= 11 is 0. The normalized spacial score (nSPS) is 55.7. The minimum atomic E-state index is -0.193. The average molecular weight is 300 g/mol. The zero-order chi connectivity index (χ0) is 15.3. The molecular formula is C19H24O3. The Morgan fingerprint density at radius 2 is 1.95 bits per heavy atom. The van der Waals surface area contributed by atoms with Gasteiger partial charge in [-0.15, -0.1) is 0 Å². The van der Waals surface area contributed by atoms with E-state index in [9.17, 15) is 9.59 Å². The molecule has 0 aromatic rings. The lowest BCUT2D eigenvalue weighted by Crippen LogP contribution is -2.53. The van der Waals surface area contributed by atoms with Gasteiger partial charge < -0.3 is 4.74 Å². The predicted molar refractivity (Wildman–Crippen MR) is 81.2 cm³/mol. The van der Waals surface area contributed by atoms with Gasteiger partial charge in [-0.1, -0.05) is 25.5 Å². The Bertz CT molecular complexity index is 635. The van der Waals surface area contributed by atoms with E-state index >= 15 is 0 Å². The summed E-state index contributed by atoms with van der Waals surface area (Å²) in [6.45, 7) is 4.52. The molecule has 4 aliphatic carbocycles. The van der Waals surface area contributed by atoms with Crippen molar-refractivity contribution >= 4 is 11.6 Å². The zero-order valence-corrected chi connectivity index (χ0v) is 13.5. The molecule has 0 bridgehead atoms. The van der Waals surface area contributed by atoms with E-state index in [1.54, 1.807) is 0 Å². The van der Waals surface area contributed by atoms with Gasteiger partial charge in [-0.05, 0) is 43.9 Å². The maximum Gasteiger partial charge on any atom is 0.164 e. The molecule has 4 fully saturated rings. The molecule has 3 nitrogen and oxygen atoms in total. The van der Waals surface area contributed by atoms with Crippen LogP contribution in [0.25, 0.3) is 0 Å². The van der Waals surface area contributed by atoms with Crippen molar-refractivity contribution in [2.45, 2.75) is 70.5 Å². The first-order chi connectivity index (χ1) is 10.4. The first kappa shape index (κ1) is 13.5. The van der Waals surface area contributed by atoms with E-state index in [0.29, 0.717) is 29.8 Å². The Morgan fingerprint density at radius 1 is 1.14 bits per heavy atom. The van der Waals surface area contributed by atoms with Gasteiger partial charge >= 0.3 is 0 Å². The van der Waals surface area contributed by atoms with Crippen LogP contribution in [0, 0.1) is 22.7 Å². The minimum absolute atomic E-state index is 0.0292. The second-order valence-electron chi connectivity index (χ2n) is 8.68. The Kier molecular flexibility index (Phi) is 2.29. The summed E-state index contributed by atoms with van der Waals surface area (Å²) in [5, 5.41) is 0. The molecule has 3 heteroatoms. The van der Waals surface area contributed by atoms with Crippen LogP contribution in [-0.4, -0.2) is 23.3 Å². The van der Waals surface area contributed by atoms with Crippen molar-refractivity contribution in [1.29, 1.82) is 0 Å². The SMILES string of the molecule is C[C@]12CC=C3[C@@H](CC[C@@]45O[C@@H]4C(=O)CC[C@]35C)[C@@H]1CCC2=O.